The molecule has 0 saturated carbocycles. The monoisotopic (exact) mass is 328 g/mol. The van der Waals surface area contributed by atoms with Crippen LogP contribution in [-0.4, -0.2) is 18.5 Å². The van der Waals surface area contributed by atoms with Crippen molar-refractivity contribution < 1.29 is 38.5 Å². The molecule has 0 heterocycles. The van der Waals surface area contributed by atoms with Gasteiger partial charge in [0.1, 0.15) is 6.61 Å². The topological polar surface area (TPSA) is 52.6 Å². The zero-order valence-electron chi connectivity index (χ0n) is 12.6. The molecule has 20 heavy (non-hydrogen) atoms. The number of carbonyl (C=O) groups is 2. The standard InChI is InChI=1S/C15H20O4.Zn/c1-5-18-13(16)12-8-6-7-11(9-12)10-19-14(17)15(2,3)4;/h6-9H,5,10H2,1-4H3;. The molecule has 1 rings (SSSR count). The molecule has 0 unspecified atom stereocenters. The van der Waals surface area contributed by atoms with Gasteiger partial charge in [0.25, 0.3) is 0 Å². The number of rotatable bonds is 4. The van der Waals surface area contributed by atoms with E-state index in [0.717, 1.165) is 5.56 Å². The van der Waals surface area contributed by atoms with E-state index in [2.05, 4.69) is 0 Å². The predicted molar refractivity (Wildman–Crippen MR) is 71.6 cm³/mol. The van der Waals surface area contributed by atoms with E-state index in [9.17, 15) is 9.59 Å². The third kappa shape index (κ3) is 5.83. The minimum Gasteiger partial charge on any atom is -0.462 e. The number of esters is 2. The molecule has 5 heteroatoms. The van der Waals surface area contributed by atoms with Crippen LogP contribution < -0.4 is 0 Å². The zero-order chi connectivity index (χ0) is 14.5. The number of carbonyl (C=O) groups excluding carboxylic acids is 2. The Morgan fingerprint density at radius 3 is 2.35 bits per heavy atom. The maximum atomic E-state index is 11.6. The quantitative estimate of drug-likeness (QED) is 0.629. The second-order valence-electron chi connectivity index (χ2n) is 5.25. The first-order valence-electron chi connectivity index (χ1n) is 6.28. The third-order valence-corrected chi connectivity index (χ3v) is 2.42. The first-order chi connectivity index (χ1) is 8.84. The van der Waals surface area contributed by atoms with Crippen molar-refractivity contribution in [3.63, 3.8) is 0 Å². The van der Waals surface area contributed by atoms with Gasteiger partial charge in [0.15, 0.2) is 0 Å². The summed E-state index contributed by atoms with van der Waals surface area (Å²) in [6.45, 7) is 7.64. The second kappa shape index (κ2) is 8.16. The molecule has 4 nitrogen and oxygen atoms in total. The van der Waals surface area contributed by atoms with Gasteiger partial charge in [-0.2, -0.15) is 0 Å². The second-order valence-corrected chi connectivity index (χ2v) is 5.25. The van der Waals surface area contributed by atoms with Crippen LogP contribution in [-0.2, 0) is 40.4 Å². The molecule has 0 fully saturated rings. The smallest absolute Gasteiger partial charge is 0.338 e. The Hall–Kier alpha value is -1.22. The Morgan fingerprint density at radius 2 is 1.80 bits per heavy atom. The average molecular weight is 330 g/mol. The average Bonchev–Trinajstić information content (AvgIpc) is 2.35. The van der Waals surface area contributed by atoms with E-state index < -0.39 is 5.41 Å². The van der Waals surface area contributed by atoms with E-state index in [-0.39, 0.29) is 38.0 Å². The minimum absolute atomic E-state index is 0. The molecule has 0 aliphatic rings. The van der Waals surface area contributed by atoms with Gasteiger partial charge in [-0.25, -0.2) is 4.79 Å². The molecule has 0 radical (unpaired) electrons. The van der Waals surface area contributed by atoms with Gasteiger partial charge in [0, 0.05) is 19.5 Å². The fourth-order valence-corrected chi connectivity index (χ4v) is 1.37. The van der Waals surface area contributed by atoms with Gasteiger partial charge in [-0.1, -0.05) is 12.1 Å². The van der Waals surface area contributed by atoms with Crippen LogP contribution in [0.25, 0.3) is 0 Å². The summed E-state index contributed by atoms with van der Waals surface area (Å²) in [5.41, 5.74) is 0.702. The van der Waals surface area contributed by atoms with Gasteiger partial charge in [-0.15, -0.1) is 0 Å². The summed E-state index contributed by atoms with van der Waals surface area (Å²) < 4.78 is 10.1. The normalized spacial score (nSPS) is 10.4. The van der Waals surface area contributed by atoms with Gasteiger partial charge >= 0.3 is 11.9 Å². The van der Waals surface area contributed by atoms with Crippen LogP contribution in [0, 0.1) is 5.41 Å². The van der Waals surface area contributed by atoms with Crippen molar-refractivity contribution in [3.8, 4) is 0 Å². The summed E-state index contributed by atoms with van der Waals surface area (Å²) in [7, 11) is 0. The van der Waals surface area contributed by atoms with Crippen LogP contribution in [0.4, 0.5) is 0 Å². The molecule has 0 atom stereocenters. The van der Waals surface area contributed by atoms with Gasteiger partial charge in [-0.05, 0) is 45.4 Å². The Bertz CT molecular complexity index is 463. The van der Waals surface area contributed by atoms with Crippen molar-refractivity contribution in [3.05, 3.63) is 35.4 Å². The summed E-state index contributed by atoms with van der Waals surface area (Å²) in [5, 5.41) is 0. The van der Waals surface area contributed by atoms with Crippen LogP contribution >= 0.6 is 0 Å². The van der Waals surface area contributed by atoms with E-state index in [1.54, 1.807) is 52.0 Å². The fourth-order valence-electron chi connectivity index (χ4n) is 1.37. The molecule has 0 amide bonds. The summed E-state index contributed by atoms with van der Waals surface area (Å²) >= 11 is 0. The number of hydrogen-bond donors (Lipinski definition) is 0. The van der Waals surface area contributed by atoms with Gasteiger partial charge < -0.3 is 9.47 Å². The van der Waals surface area contributed by atoms with Crippen LogP contribution in [0.2, 0.25) is 0 Å². The van der Waals surface area contributed by atoms with E-state index in [1.165, 1.54) is 0 Å². The minimum atomic E-state index is -0.529. The van der Waals surface area contributed by atoms with Crippen molar-refractivity contribution in [1.29, 1.82) is 0 Å². The molecular weight excluding hydrogens is 310 g/mol. The molecule has 0 aromatic heterocycles. The number of hydrogen-bond acceptors (Lipinski definition) is 4. The molecule has 0 aliphatic heterocycles. The van der Waals surface area contributed by atoms with Crippen LogP contribution in [0.5, 0.6) is 0 Å². The van der Waals surface area contributed by atoms with E-state index in [0.29, 0.717) is 12.2 Å². The fraction of sp³-hybridized carbons (Fsp3) is 0.467. The van der Waals surface area contributed by atoms with Crippen molar-refractivity contribution in [2.24, 2.45) is 5.41 Å². The maximum absolute atomic E-state index is 11.6. The third-order valence-electron chi connectivity index (χ3n) is 2.42. The van der Waals surface area contributed by atoms with Crippen LogP contribution in [0.1, 0.15) is 43.6 Å². The van der Waals surface area contributed by atoms with Crippen LogP contribution in [0.15, 0.2) is 24.3 Å². The van der Waals surface area contributed by atoms with Gasteiger partial charge in [-0.3, -0.25) is 4.79 Å². The Labute approximate surface area is 132 Å². The molecular formula is C15H20O4Zn. The molecule has 0 saturated heterocycles. The Kier molecular flexibility index (Phi) is 7.66. The van der Waals surface area contributed by atoms with Crippen LogP contribution in [0.3, 0.4) is 0 Å². The molecule has 0 spiro atoms. The van der Waals surface area contributed by atoms with E-state index in [1.807, 2.05) is 0 Å². The maximum Gasteiger partial charge on any atom is 0.338 e. The summed E-state index contributed by atoms with van der Waals surface area (Å²) in [6, 6.07) is 6.90. The Morgan fingerprint density at radius 1 is 1.15 bits per heavy atom. The van der Waals surface area contributed by atoms with Gasteiger partial charge in [0.2, 0.25) is 0 Å². The summed E-state index contributed by atoms with van der Waals surface area (Å²) in [6.07, 6.45) is 0. The summed E-state index contributed by atoms with van der Waals surface area (Å²) in [5.74, 6) is -0.638. The molecule has 106 valence electrons. The SMILES string of the molecule is CCOC(=O)c1cccc(COC(=O)C(C)(C)C)c1.[Zn]. The predicted octanol–water partition coefficient (Wildman–Crippen LogP) is 2.95. The molecule has 0 bridgehead atoms. The van der Waals surface area contributed by atoms with Crippen molar-refractivity contribution >= 4 is 11.9 Å². The first-order valence-corrected chi connectivity index (χ1v) is 6.28. The van der Waals surface area contributed by atoms with E-state index >= 15 is 0 Å². The molecule has 0 N–H and O–H groups in total. The number of ether oxygens (including phenoxy) is 2. The summed E-state index contributed by atoms with van der Waals surface area (Å²) in [4.78, 5) is 23.2. The molecule has 1 aromatic rings. The van der Waals surface area contributed by atoms with Gasteiger partial charge in [0.05, 0.1) is 17.6 Å². The van der Waals surface area contributed by atoms with Crippen molar-refractivity contribution in [2.45, 2.75) is 34.3 Å². The Balaban J connectivity index is 0.00000361. The molecule has 0 aliphatic carbocycles. The molecule has 1 aromatic carbocycles. The van der Waals surface area contributed by atoms with Crippen molar-refractivity contribution in [2.75, 3.05) is 6.61 Å². The zero-order valence-corrected chi connectivity index (χ0v) is 15.5. The van der Waals surface area contributed by atoms with Crippen molar-refractivity contribution in [1.82, 2.24) is 0 Å². The first kappa shape index (κ1) is 18.8. The largest absolute Gasteiger partial charge is 0.462 e. The number of benzene rings is 1. The van der Waals surface area contributed by atoms with E-state index in [4.69, 9.17) is 9.47 Å².